The van der Waals surface area contributed by atoms with Gasteiger partial charge in [-0.2, -0.15) is 31.4 Å². The molecule has 0 spiro atoms. The first kappa shape index (κ1) is 24.6. The van der Waals surface area contributed by atoms with Gasteiger partial charge in [0, 0.05) is 5.56 Å². The number of carbonyl (C=O) groups excluding carboxylic acids is 1. The van der Waals surface area contributed by atoms with Gasteiger partial charge in [0.15, 0.2) is 5.17 Å². The maximum atomic E-state index is 12.9. The summed E-state index contributed by atoms with van der Waals surface area (Å²) in [5.74, 6) is 0.0118. The average Bonchev–Trinajstić information content (AvgIpc) is 3.40. The van der Waals surface area contributed by atoms with Crippen molar-refractivity contribution in [3.63, 3.8) is 0 Å². The van der Waals surface area contributed by atoms with Crippen molar-refractivity contribution in [2.45, 2.75) is 24.0 Å². The highest BCUT2D eigenvalue weighted by atomic mass is 32.2. The normalized spacial score (nSPS) is 17.9. The van der Waals surface area contributed by atoms with Crippen molar-refractivity contribution in [3.05, 3.63) is 83.1 Å². The van der Waals surface area contributed by atoms with E-state index in [1.54, 1.807) is 0 Å². The molecule has 182 valence electrons. The fourth-order valence-corrected chi connectivity index (χ4v) is 4.20. The molecule has 1 atom stereocenters. The van der Waals surface area contributed by atoms with Gasteiger partial charge in [-0.15, -0.1) is 5.10 Å². The molecule has 1 aliphatic heterocycles. The number of rotatable bonds is 5. The second-order valence-electron chi connectivity index (χ2n) is 7.43. The molecule has 0 saturated carbocycles. The van der Waals surface area contributed by atoms with Crippen LogP contribution in [0.5, 0.6) is 0 Å². The fourth-order valence-electron chi connectivity index (χ4n) is 3.24. The quantitative estimate of drug-likeness (QED) is 0.254. The number of hydrogen-bond donors (Lipinski definition) is 1. The number of hydrogen-bond acceptors (Lipinski definition) is 5. The lowest BCUT2D eigenvalue weighted by molar-refractivity contribution is -0.138. The first-order valence-electron chi connectivity index (χ1n) is 10.0. The first-order valence-corrected chi connectivity index (χ1v) is 10.9. The van der Waals surface area contributed by atoms with Crippen LogP contribution in [0.25, 0.3) is 11.3 Å². The Labute approximate surface area is 198 Å². The molecule has 0 aliphatic carbocycles. The lowest BCUT2D eigenvalue weighted by Gasteiger charge is -2.10. The number of thioether (sulfide) groups is 1. The van der Waals surface area contributed by atoms with Crippen LogP contribution in [0.3, 0.4) is 0 Å². The number of benzene rings is 2. The highest BCUT2D eigenvalue weighted by Crippen LogP contribution is 2.33. The summed E-state index contributed by atoms with van der Waals surface area (Å²) in [5.41, 5.74) is -1.00. The summed E-state index contributed by atoms with van der Waals surface area (Å²) in [5, 5.41) is 9.68. The largest absolute Gasteiger partial charge is 0.455 e. The number of nitrogens with one attached hydrogen (secondary N) is 1. The molecule has 1 amide bonds. The maximum Gasteiger partial charge on any atom is 0.416 e. The summed E-state index contributed by atoms with van der Waals surface area (Å²) in [6, 6.07) is 12.4. The predicted octanol–water partition coefficient (Wildman–Crippen LogP) is 6.15. The summed E-state index contributed by atoms with van der Waals surface area (Å²) in [7, 11) is 0. The summed E-state index contributed by atoms with van der Waals surface area (Å²) < 4.78 is 82.9. The minimum absolute atomic E-state index is 0.0711. The van der Waals surface area contributed by atoms with Crippen LogP contribution >= 0.6 is 11.8 Å². The average molecular weight is 511 g/mol. The van der Waals surface area contributed by atoms with Crippen LogP contribution in [-0.2, 0) is 23.6 Å². The summed E-state index contributed by atoms with van der Waals surface area (Å²) in [6.45, 7) is 0. The molecule has 2 aromatic carbocycles. The van der Waals surface area contributed by atoms with E-state index < -0.39 is 34.6 Å². The third kappa shape index (κ3) is 6.13. The van der Waals surface area contributed by atoms with Crippen LogP contribution < -0.4 is 5.32 Å². The highest BCUT2D eigenvalue weighted by molar-refractivity contribution is 8.15. The summed E-state index contributed by atoms with van der Waals surface area (Å²) in [4.78, 5) is 12.2. The van der Waals surface area contributed by atoms with Gasteiger partial charge in [0.05, 0.1) is 22.6 Å². The molecule has 1 fully saturated rings. The molecular formula is C23H15F6N3O2S. The number of amidine groups is 1. The third-order valence-electron chi connectivity index (χ3n) is 4.89. The fraction of sp³-hybridized carbons (Fsp3) is 0.174. The van der Waals surface area contributed by atoms with Gasteiger partial charge in [-0.25, -0.2) is 0 Å². The Morgan fingerprint density at radius 2 is 1.63 bits per heavy atom. The number of halogens is 6. The Kier molecular flexibility index (Phi) is 6.75. The Morgan fingerprint density at radius 1 is 0.943 bits per heavy atom. The van der Waals surface area contributed by atoms with E-state index in [9.17, 15) is 31.1 Å². The zero-order chi connectivity index (χ0) is 25.2. The molecular weight excluding hydrogens is 496 g/mol. The van der Waals surface area contributed by atoms with Crippen molar-refractivity contribution < 1.29 is 35.6 Å². The minimum Gasteiger partial charge on any atom is -0.455 e. The smallest absolute Gasteiger partial charge is 0.416 e. The lowest BCUT2D eigenvalue weighted by Crippen LogP contribution is -2.26. The van der Waals surface area contributed by atoms with Gasteiger partial charge in [-0.1, -0.05) is 42.1 Å². The van der Waals surface area contributed by atoms with Crippen LogP contribution in [-0.4, -0.2) is 22.5 Å². The molecule has 4 rings (SSSR count). The highest BCUT2D eigenvalue weighted by Gasteiger charge is 2.33. The number of carbonyl (C=O) groups is 1. The second-order valence-corrected chi connectivity index (χ2v) is 8.62. The van der Waals surface area contributed by atoms with Crippen molar-refractivity contribution in [1.29, 1.82) is 0 Å². The summed E-state index contributed by atoms with van der Waals surface area (Å²) >= 11 is 1.03. The van der Waals surface area contributed by atoms with Crippen LogP contribution in [0.4, 0.5) is 26.3 Å². The Hall–Kier alpha value is -3.54. The van der Waals surface area contributed by atoms with E-state index in [0.717, 1.165) is 36.0 Å². The van der Waals surface area contributed by atoms with Crippen LogP contribution in [0.15, 0.2) is 75.3 Å². The number of furan rings is 1. The van der Waals surface area contributed by atoms with Crippen molar-refractivity contribution in [3.8, 4) is 11.3 Å². The third-order valence-corrected chi connectivity index (χ3v) is 5.96. The Balaban J connectivity index is 1.40. The molecule has 12 heteroatoms. The molecule has 1 aliphatic rings. The molecule has 35 heavy (non-hydrogen) atoms. The van der Waals surface area contributed by atoms with Crippen molar-refractivity contribution in [2.75, 3.05) is 0 Å². The predicted molar refractivity (Wildman–Crippen MR) is 119 cm³/mol. The van der Waals surface area contributed by atoms with E-state index in [4.69, 9.17) is 4.42 Å². The number of amides is 1. The van der Waals surface area contributed by atoms with Gasteiger partial charge in [-0.3, -0.25) is 4.79 Å². The second kappa shape index (κ2) is 9.61. The maximum absolute atomic E-state index is 12.9. The summed E-state index contributed by atoms with van der Waals surface area (Å²) in [6.07, 6.45) is -7.67. The SMILES string of the molecule is O=C1N/C(=N/N=C\c2ccc(-c3cccc(C(F)(F)F)c3)o2)SC1Cc1cccc(C(F)(F)F)c1. The molecule has 1 N–H and O–H groups in total. The number of nitrogens with zero attached hydrogens (tertiary/aromatic N) is 2. The van der Waals surface area contributed by atoms with E-state index in [1.165, 1.54) is 42.6 Å². The first-order chi connectivity index (χ1) is 16.5. The lowest BCUT2D eigenvalue weighted by atomic mass is 10.1. The number of alkyl halides is 6. The minimum atomic E-state index is -4.48. The van der Waals surface area contributed by atoms with Crippen LogP contribution in [0.2, 0.25) is 0 Å². The zero-order valence-corrected chi connectivity index (χ0v) is 18.3. The molecule has 3 aromatic rings. The van der Waals surface area contributed by atoms with E-state index in [-0.39, 0.29) is 28.7 Å². The molecule has 1 aromatic heterocycles. The molecule has 5 nitrogen and oxygen atoms in total. The van der Waals surface area contributed by atoms with Crippen LogP contribution in [0.1, 0.15) is 22.5 Å². The van der Waals surface area contributed by atoms with Gasteiger partial charge >= 0.3 is 12.4 Å². The standard InChI is InChI=1S/C23H15F6N3O2S/c24-22(25,26)15-5-1-3-13(9-15)10-19-20(33)31-21(35-19)32-30-12-17-7-8-18(34-17)14-4-2-6-16(11-14)23(27,28)29/h1-9,11-12,19H,10H2,(H,31,32,33)/b30-12-. The van der Waals surface area contributed by atoms with Gasteiger partial charge in [-0.05, 0) is 42.3 Å². The van der Waals surface area contributed by atoms with Gasteiger partial charge in [0.25, 0.3) is 0 Å². The van der Waals surface area contributed by atoms with Gasteiger partial charge in [0.2, 0.25) is 5.91 Å². The molecule has 1 saturated heterocycles. The van der Waals surface area contributed by atoms with Gasteiger partial charge in [0.1, 0.15) is 11.5 Å². The van der Waals surface area contributed by atoms with E-state index in [2.05, 4.69) is 15.5 Å². The molecule has 2 heterocycles. The molecule has 1 unspecified atom stereocenters. The van der Waals surface area contributed by atoms with Crippen LogP contribution in [0, 0.1) is 0 Å². The monoisotopic (exact) mass is 511 g/mol. The topological polar surface area (TPSA) is 67.0 Å². The van der Waals surface area contributed by atoms with E-state index in [1.807, 2.05) is 0 Å². The molecule has 0 bridgehead atoms. The van der Waals surface area contributed by atoms with Crippen molar-refractivity contribution >= 4 is 29.1 Å². The molecule has 0 radical (unpaired) electrons. The van der Waals surface area contributed by atoms with Crippen molar-refractivity contribution in [1.82, 2.24) is 5.32 Å². The Bertz CT molecular complexity index is 1300. The Morgan fingerprint density at radius 3 is 2.34 bits per heavy atom. The van der Waals surface area contributed by atoms with E-state index in [0.29, 0.717) is 5.56 Å². The van der Waals surface area contributed by atoms with E-state index >= 15 is 0 Å². The van der Waals surface area contributed by atoms with Gasteiger partial charge < -0.3 is 9.73 Å². The zero-order valence-electron chi connectivity index (χ0n) is 17.5. The van der Waals surface area contributed by atoms with Crippen molar-refractivity contribution in [2.24, 2.45) is 10.2 Å².